The van der Waals surface area contributed by atoms with Crippen molar-refractivity contribution in [2.24, 2.45) is 0 Å². The van der Waals surface area contributed by atoms with Gasteiger partial charge in [0.1, 0.15) is 0 Å². The summed E-state index contributed by atoms with van der Waals surface area (Å²) in [6.45, 7) is 1.89. The Morgan fingerprint density at radius 3 is 2.61 bits per heavy atom. The van der Waals surface area contributed by atoms with E-state index in [1.165, 1.54) is 37.6 Å². The fourth-order valence-corrected chi connectivity index (χ4v) is 5.34. The van der Waals surface area contributed by atoms with E-state index in [-0.39, 0.29) is 10.6 Å². The summed E-state index contributed by atoms with van der Waals surface area (Å²) in [5.41, 5.74) is 5.57. The molecular formula is C25H22N6O3S2. The molecule has 1 N–H and O–H groups in total. The van der Waals surface area contributed by atoms with Gasteiger partial charge < -0.3 is 5.32 Å². The molecule has 36 heavy (non-hydrogen) atoms. The number of fused-ring (bicyclic) bond motifs is 1. The van der Waals surface area contributed by atoms with Gasteiger partial charge in [-0.1, -0.05) is 18.2 Å². The second-order valence-corrected chi connectivity index (χ2v) is 11.3. The van der Waals surface area contributed by atoms with Gasteiger partial charge in [-0.15, -0.1) is 11.3 Å². The SMILES string of the molecule is Cc1cccc(-n2nc(C(=O)Nc3cccc(S(=O)(=O)N(C)C)c3)cc2-c2ccc3ncsc3c2)n1. The predicted octanol–water partition coefficient (Wildman–Crippen LogP) is 4.36. The molecule has 0 saturated carbocycles. The van der Waals surface area contributed by atoms with E-state index in [0.717, 1.165) is 25.8 Å². The van der Waals surface area contributed by atoms with Crippen molar-refractivity contribution in [3.8, 4) is 17.1 Å². The number of carbonyl (C=O) groups excluding carboxylic acids is 1. The third-order valence-electron chi connectivity index (χ3n) is 5.53. The van der Waals surface area contributed by atoms with Gasteiger partial charge >= 0.3 is 0 Å². The number of nitrogens with one attached hydrogen (secondary N) is 1. The van der Waals surface area contributed by atoms with Crippen molar-refractivity contribution in [1.82, 2.24) is 24.1 Å². The van der Waals surface area contributed by atoms with Crippen LogP contribution < -0.4 is 5.32 Å². The third-order valence-corrected chi connectivity index (χ3v) is 8.13. The molecule has 0 fully saturated rings. The average Bonchev–Trinajstić information content (AvgIpc) is 3.51. The first kappa shape index (κ1) is 23.8. The molecule has 0 saturated heterocycles. The molecule has 5 rings (SSSR count). The zero-order chi connectivity index (χ0) is 25.4. The molecule has 3 aromatic heterocycles. The van der Waals surface area contributed by atoms with Gasteiger partial charge in [0.15, 0.2) is 11.5 Å². The molecule has 5 aromatic rings. The van der Waals surface area contributed by atoms with Crippen molar-refractivity contribution >= 4 is 43.2 Å². The maximum absolute atomic E-state index is 13.2. The topological polar surface area (TPSA) is 110 Å². The highest BCUT2D eigenvalue weighted by Gasteiger charge is 2.20. The van der Waals surface area contributed by atoms with Crippen molar-refractivity contribution in [3.63, 3.8) is 0 Å². The zero-order valence-electron chi connectivity index (χ0n) is 19.7. The number of carbonyl (C=O) groups is 1. The first-order valence-corrected chi connectivity index (χ1v) is 13.3. The second-order valence-electron chi connectivity index (χ2n) is 8.27. The maximum Gasteiger partial charge on any atom is 0.276 e. The van der Waals surface area contributed by atoms with Gasteiger partial charge in [-0.3, -0.25) is 4.79 Å². The maximum atomic E-state index is 13.2. The van der Waals surface area contributed by atoms with Crippen LogP contribution in [0, 0.1) is 6.92 Å². The molecular weight excluding hydrogens is 496 g/mol. The summed E-state index contributed by atoms with van der Waals surface area (Å²) in [6, 6.07) is 19.3. The number of amides is 1. The number of pyridine rings is 1. The fourth-order valence-electron chi connectivity index (χ4n) is 3.67. The number of thiazole rings is 1. The van der Waals surface area contributed by atoms with Crippen LogP contribution in [0.5, 0.6) is 0 Å². The van der Waals surface area contributed by atoms with Gasteiger partial charge in [0.25, 0.3) is 5.91 Å². The van der Waals surface area contributed by atoms with Crippen molar-refractivity contribution in [1.29, 1.82) is 0 Å². The molecule has 0 unspecified atom stereocenters. The molecule has 182 valence electrons. The first-order chi connectivity index (χ1) is 17.2. The highest BCUT2D eigenvalue weighted by molar-refractivity contribution is 7.89. The van der Waals surface area contributed by atoms with Gasteiger partial charge in [0.05, 0.1) is 26.3 Å². The van der Waals surface area contributed by atoms with E-state index in [4.69, 9.17) is 0 Å². The summed E-state index contributed by atoms with van der Waals surface area (Å²) in [6.07, 6.45) is 0. The number of aryl methyl sites for hydroxylation is 1. The number of hydrogen-bond acceptors (Lipinski definition) is 7. The second kappa shape index (κ2) is 9.26. The van der Waals surface area contributed by atoms with Crippen LogP contribution in [0.3, 0.4) is 0 Å². The lowest BCUT2D eigenvalue weighted by molar-refractivity contribution is 0.102. The number of aromatic nitrogens is 4. The van der Waals surface area contributed by atoms with Crippen LogP contribution in [-0.4, -0.2) is 52.5 Å². The van der Waals surface area contributed by atoms with Crippen molar-refractivity contribution in [3.05, 3.63) is 83.6 Å². The Morgan fingerprint density at radius 2 is 1.83 bits per heavy atom. The molecule has 0 atom stereocenters. The zero-order valence-corrected chi connectivity index (χ0v) is 21.3. The Hall–Kier alpha value is -3.93. The Balaban J connectivity index is 1.54. The van der Waals surface area contributed by atoms with Gasteiger partial charge in [-0.2, -0.15) is 5.10 Å². The van der Waals surface area contributed by atoms with Crippen molar-refractivity contribution < 1.29 is 13.2 Å². The highest BCUT2D eigenvalue weighted by atomic mass is 32.2. The van der Waals surface area contributed by atoms with Gasteiger partial charge in [-0.05, 0) is 55.5 Å². The molecule has 0 aliphatic rings. The van der Waals surface area contributed by atoms with E-state index >= 15 is 0 Å². The lowest BCUT2D eigenvalue weighted by atomic mass is 10.1. The normalized spacial score (nSPS) is 11.8. The fraction of sp³-hybridized carbons (Fsp3) is 0.120. The minimum atomic E-state index is -3.64. The Kier molecular flexibility index (Phi) is 6.12. The minimum absolute atomic E-state index is 0.0818. The van der Waals surface area contributed by atoms with E-state index in [9.17, 15) is 13.2 Å². The predicted molar refractivity (Wildman–Crippen MR) is 140 cm³/mol. The minimum Gasteiger partial charge on any atom is -0.321 e. The summed E-state index contributed by atoms with van der Waals surface area (Å²) < 4.78 is 28.8. The van der Waals surface area contributed by atoms with E-state index in [2.05, 4.69) is 20.4 Å². The number of benzene rings is 2. The molecule has 9 nitrogen and oxygen atoms in total. The van der Waals surface area contributed by atoms with Crippen LogP contribution in [0.4, 0.5) is 5.69 Å². The molecule has 0 radical (unpaired) electrons. The molecule has 0 aliphatic carbocycles. The van der Waals surface area contributed by atoms with Crippen LogP contribution >= 0.6 is 11.3 Å². The molecule has 1 amide bonds. The Bertz CT molecular complexity index is 1710. The lowest BCUT2D eigenvalue weighted by Gasteiger charge is -2.12. The molecule has 0 aliphatic heterocycles. The number of anilines is 1. The van der Waals surface area contributed by atoms with Crippen LogP contribution in [-0.2, 0) is 10.0 Å². The molecule has 0 spiro atoms. The van der Waals surface area contributed by atoms with Crippen LogP contribution in [0.25, 0.3) is 27.3 Å². The summed E-state index contributed by atoms with van der Waals surface area (Å²) in [5.74, 6) is 0.105. The standard InChI is InChI=1S/C25H22N6O3S2/c1-16-6-4-9-24(27-16)31-22(17-10-11-20-23(12-17)35-15-26-20)14-21(29-31)25(32)28-18-7-5-8-19(13-18)36(33,34)30(2)3/h4-15H,1-3H3,(H,28,32). The number of rotatable bonds is 6. The summed E-state index contributed by atoms with van der Waals surface area (Å²) in [4.78, 5) is 22.2. The van der Waals surface area contributed by atoms with Gasteiger partial charge in [-0.25, -0.2) is 27.4 Å². The molecule has 2 aromatic carbocycles. The van der Waals surface area contributed by atoms with Crippen LogP contribution in [0.2, 0.25) is 0 Å². The van der Waals surface area contributed by atoms with Gasteiger partial charge in [0, 0.05) is 31.0 Å². The molecule has 11 heteroatoms. The number of sulfonamides is 1. The summed E-state index contributed by atoms with van der Waals surface area (Å²) in [7, 11) is -0.730. The number of nitrogens with zero attached hydrogens (tertiary/aromatic N) is 5. The largest absolute Gasteiger partial charge is 0.321 e. The van der Waals surface area contributed by atoms with Crippen molar-refractivity contribution in [2.75, 3.05) is 19.4 Å². The molecule has 0 bridgehead atoms. The van der Waals surface area contributed by atoms with Gasteiger partial charge in [0.2, 0.25) is 10.0 Å². The summed E-state index contributed by atoms with van der Waals surface area (Å²) in [5, 5.41) is 7.33. The lowest BCUT2D eigenvalue weighted by Crippen LogP contribution is -2.22. The Labute approximate surface area is 212 Å². The average molecular weight is 519 g/mol. The first-order valence-electron chi connectivity index (χ1n) is 10.9. The Morgan fingerprint density at radius 1 is 1.03 bits per heavy atom. The molecule has 3 heterocycles. The van der Waals surface area contributed by atoms with Crippen LogP contribution in [0.1, 0.15) is 16.2 Å². The van der Waals surface area contributed by atoms with Crippen LogP contribution in [0.15, 0.2) is 77.1 Å². The van der Waals surface area contributed by atoms with E-state index in [1.807, 2.05) is 43.3 Å². The summed E-state index contributed by atoms with van der Waals surface area (Å²) >= 11 is 1.53. The third kappa shape index (κ3) is 4.51. The quantitative estimate of drug-likeness (QED) is 0.358. The van der Waals surface area contributed by atoms with Crippen molar-refractivity contribution in [2.45, 2.75) is 11.8 Å². The van der Waals surface area contributed by atoms with E-state index in [1.54, 1.807) is 28.4 Å². The van der Waals surface area contributed by atoms with E-state index in [0.29, 0.717) is 17.2 Å². The highest BCUT2D eigenvalue weighted by Crippen LogP contribution is 2.29. The monoisotopic (exact) mass is 518 g/mol. The smallest absolute Gasteiger partial charge is 0.276 e. The van der Waals surface area contributed by atoms with E-state index < -0.39 is 15.9 Å². The number of hydrogen-bond donors (Lipinski definition) is 1.